The van der Waals surface area contributed by atoms with Crippen LogP contribution in [0.3, 0.4) is 0 Å². The van der Waals surface area contributed by atoms with Gasteiger partial charge in [-0.15, -0.1) is 0 Å². The molecule has 5 heterocycles. The summed E-state index contributed by atoms with van der Waals surface area (Å²) in [5.41, 5.74) is 3.80. The van der Waals surface area contributed by atoms with Crippen molar-refractivity contribution in [3.8, 4) is 22.6 Å². The number of piperidine rings is 2. The number of rotatable bonds is 7. The summed E-state index contributed by atoms with van der Waals surface area (Å²) < 4.78 is 15.0. The van der Waals surface area contributed by atoms with Crippen LogP contribution in [0.25, 0.3) is 21.9 Å². The molecule has 6 rings (SSSR count). The van der Waals surface area contributed by atoms with Gasteiger partial charge in [0.25, 0.3) is 11.5 Å². The molecule has 42 heavy (non-hydrogen) atoms. The SMILES string of the molecule is COc1cc(-c2cn(C)c(=O)c3cnccc23)cc(OC)c1CN1CCC(c2cnn(C3CCC(=O)NC3=O)c2)CC1. The van der Waals surface area contributed by atoms with Crippen LogP contribution in [0.1, 0.15) is 48.8 Å². The summed E-state index contributed by atoms with van der Waals surface area (Å²) in [6.07, 6.45) is 11.7. The average molecular weight is 571 g/mol. The molecule has 2 amide bonds. The molecule has 0 aliphatic carbocycles. The third-order valence-corrected chi connectivity index (χ3v) is 8.50. The van der Waals surface area contributed by atoms with Crippen molar-refractivity contribution in [1.82, 2.24) is 29.5 Å². The summed E-state index contributed by atoms with van der Waals surface area (Å²) in [4.78, 5) is 43.0. The van der Waals surface area contributed by atoms with Crippen molar-refractivity contribution in [3.63, 3.8) is 0 Å². The number of aryl methyl sites for hydroxylation is 1. The van der Waals surface area contributed by atoms with Crippen molar-refractivity contribution >= 4 is 22.6 Å². The van der Waals surface area contributed by atoms with Gasteiger partial charge in [0.2, 0.25) is 5.91 Å². The molecular weight excluding hydrogens is 536 g/mol. The number of benzene rings is 1. The van der Waals surface area contributed by atoms with Crippen LogP contribution in [-0.2, 0) is 23.2 Å². The lowest BCUT2D eigenvalue weighted by atomic mass is 9.91. The van der Waals surface area contributed by atoms with Crippen molar-refractivity contribution in [3.05, 3.63) is 70.7 Å². The molecular formula is C31H34N6O5. The molecule has 11 nitrogen and oxygen atoms in total. The van der Waals surface area contributed by atoms with E-state index in [1.54, 1.807) is 42.9 Å². The van der Waals surface area contributed by atoms with Gasteiger partial charge in [0, 0.05) is 50.4 Å². The van der Waals surface area contributed by atoms with Gasteiger partial charge >= 0.3 is 0 Å². The highest BCUT2D eigenvalue weighted by Gasteiger charge is 2.30. The lowest BCUT2D eigenvalue weighted by Crippen LogP contribution is -2.41. The maximum atomic E-state index is 12.7. The smallest absolute Gasteiger partial charge is 0.259 e. The number of likely N-dealkylation sites (tertiary alicyclic amines) is 1. The van der Waals surface area contributed by atoms with Gasteiger partial charge in [-0.3, -0.25) is 34.3 Å². The van der Waals surface area contributed by atoms with Crippen LogP contribution in [0.15, 0.2) is 54.0 Å². The Morgan fingerprint density at radius 3 is 2.40 bits per heavy atom. The molecule has 1 aromatic carbocycles. The first kappa shape index (κ1) is 27.6. The number of amides is 2. The summed E-state index contributed by atoms with van der Waals surface area (Å²) >= 11 is 0. The van der Waals surface area contributed by atoms with Crippen LogP contribution in [0.5, 0.6) is 11.5 Å². The number of nitrogens with one attached hydrogen (secondary N) is 1. The number of hydrogen-bond donors (Lipinski definition) is 1. The Balaban J connectivity index is 1.19. The van der Waals surface area contributed by atoms with Crippen LogP contribution in [-0.4, -0.2) is 63.4 Å². The lowest BCUT2D eigenvalue weighted by molar-refractivity contribution is -0.135. The van der Waals surface area contributed by atoms with Gasteiger partial charge in [0.1, 0.15) is 17.5 Å². The van der Waals surface area contributed by atoms with Gasteiger partial charge in [0.05, 0.1) is 31.4 Å². The van der Waals surface area contributed by atoms with Crippen molar-refractivity contribution in [2.24, 2.45) is 7.05 Å². The maximum Gasteiger partial charge on any atom is 0.259 e. The fraction of sp³-hybridized carbons (Fsp3) is 0.387. The summed E-state index contributed by atoms with van der Waals surface area (Å²) in [6, 6.07) is 5.44. The molecule has 4 aromatic rings. The number of carbonyl (C=O) groups is 2. The first-order valence-electron chi connectivity index (χ1n) is 14.1. The van der Waals surface area contributed by atoms with E-state index in [1.165, 1.54) is 0 Å². The molecule has 0 bridgehead atoms. The Kier molecular flexibility index (Phi) is 7.51. The molecule has 2 aliphatic heterocycles. The Morgan fingerprint density at radius 2 is 1.71 bits per heavy atom. The molecule has 2 saturated heterocycles. The van der Waals surface area contributed by atoms with E-state index in [0.717, 1.165) is 65.1 Å². The molecule has 1 atom stereocenters. The number of pyridine rings is 2. The van der Waals surface area contributed by atoms with Gasteiger partial charge in [-0.1, -0.05) is 0 Å². The fourth-order valence-electron chi connectivity index (χ4n) is 6.15. The number of nitrogens with zero attached hydrogens (tertiary/aromatic N) is 5. The van der Waals surface area contributed by atoms with E-state index in [2.05, 4.69) is 20.3 Å². The standard InChI is InChI=1S/C31H34N6O5/c1-35-17-24(22-6-9-32-15-23(22)31(35)40)20-12-27(41-2)25(28(13-20)42-3)18-36-10-7-19(8-11-36)21-14-33-37(16-21)26-4-5-29(38)34-30(26)39/h6,9,12-17,19,26H,4-5,7-8,10-11,18H2,1-3H3,(H,34,38,39). The van der Waals surface area contributed by atoms with Crippen molar-refractivity contribution in [1.29, 1.82) is 0 Å². The quantitative estimate of drug-likeness (QED) is 0.337. The predicted octanol–water partition coefficient (Wildman–Crippen LogP) is 3.17. The second kappa shape index (κ2) is 11.4. The number of hydrogen-bond acceptors (Lipinski definition) is 8. The summed E-state index contributed by atoms with van der Waals surface area (Å²) in [5.74, 6) is 1.30. The zero-order valence-electron chi connectivity index (χ0n) is 24.0. The average Bonchev–Trinajstić information content (AvgIpc) is 3.49. The number of aromatic nitrogens is 4. The molecule has 2 fully saturated rings. The largest absolute Gasteiger partial charge is 0.496 e. The van der Waals surface area contributed by atoms with Crippen LogP contribution in [0.4, 0.5) is 0 Å². The second-order valence-corrected chi connectivity index (χ2v) is 11.0. The minimum atomic E-state index is -0.435. The van der Waals surface area contributed by atoms with Crippen LogP contribution in [0, 0.1) is 0 Å². The number of carbonyl (C=O) groups excluding carboxylic acids is 2. The van der Waals surface area contributed by atoms with E-state index in [-0.39, 0.29) is 17.4 Å². The Morgan fingerprint density at radius 1 is 0.976 bits per heavy atom. The topological polar surface area (TPSA) is 121 Å². The first-order chi connectivity index (χ1) is 20.4. The van der Waals surface area contributed by atoms with Gasteiger partial charge < -0.3 is 14.0 Å². The molecule has 0 radical (unpaired) electrons. The number of methoxy groups -OCH3 is 2. The maximum absolute atomic E-state index is 12.7. The Bertz CT molecular complexity index is 1690. The van der Waals surface area contributed by atoms with E-state index in [9.17, 15) is 14.4 Å². The Hall–Kier alpha value is -4.51. The van der Waals surface area contributed by atoms with Crippen molar-refractivity contribution in [2.45, 2.75) is 44.2 Å². The molecule has 3 aromatic heterocycles. The minimum absolute atomic E-state index is 0.0934. The number of fused-ring (bicyclic) bond motifs is 1. The van der Waals surface area contributed by atoms with Crippen molar-refractivity contribution < 1.29 is 19.1 Å². The summed E-state index contributed by atoms with van der Waals surface area (Å²) in [6.45, 7) is 2.45. The predicted molar refractivity (Wildman–Crippen MR) is 156 cm³/mol. The third kappa shape index (κ3) is 5.16. The van der Waals surface area contributed by atoms with Crippen LogP contribution >= 0.6 is 0 Å². The third-order valence-electron chi connectivity index (χ3n) is 8.50. The van der Waals surface area contributed by atoms with Crippen molar-refractivity contribution in [2.75, 3.05) is 27.3 Å². The van der Waals surface area contributed by atoms with Gasteiger partial charge in [-0.05, 0) is 73.0 Å². The van der Waals surface area contributed by atoms with E-state index in [0.29, 0.717) is 30.7 Å². The summed E-state index contributed by atoms with van der Waals surface area (Å²) in [7, 11) is 5.07. The normalized spacial score (nSPS) is 18.3. The molecule has 218 valence electrons. The highest BCUT2D eigenvalue weighted by molar-refractivity contribution is 5.99. The van der Waals surface area contributed by atoms with Gasteiger partial charge in [0.15, 0.2) is 0 Å². The summed E-state index contributed by atoms with van der Waals surface area (Å²) in [5, 5.41) is 8.25. The van der Waals surface area contributed by atoms with E-state index in [4.69, 9.17) is 9.47 Å². The van der Waals surface area contributed by atoms with E-state index in [1.807, 2.05) is 36.8 Å². The van der Waals surface area contributed by atoms with Gasteiger partial charge in [-0.25, -0.2) is 0 Å². The second-order valence-electron chi connectivity index (χ2n) is 11.0. The van der Waals surface area contributed by atoms with Gasteiger partial charge in [-0.2, -0.15) is 5.10 Å². The number of ether oxygens (including phenoxy) is 2. The molecule has 1 N–H and O–H groups in total. The van der Waals surface area contributed by atoms with Crippen LogP contribution < -0.4 is 20.3 Å². The highest BCUT2D eigenvalue weighted by Crippen LogP contribution is 2.39. The zero-order valence-corrected chi connectivity index (χ0v) is 24.0. The van der Waals surface area contributed by atoms with E-state index < -0.39 is 6.04 Å². The highest BCUT2D eigenvalue weighted by atomic mass is 16.5. The zero-order chi connectivity index (χ0) is 29.4. The number of imide groups is 1. The molecule has 0 spiro atoms. The Labute approximate surface area is 243 Å². The minimum Gasteiger partial charge on any atom is -0.496 e. The molecule has 0 saturated carbocycles. The first-order valence-corrected chi connectivity index (χ1v) is 14.1. The van der Waals surface area contributed by atoms with Crippen LogP contribution in [0.2, 0.25) is 0 Å². The monoisotopic (exact) mass is 570 g/mol. The van der Waals surface area contributed by atoms with E-state index >= 15 is 0 Å². The lowest BCUT2D eigenvalue weighted by Gasteiger charge is -2.32. The molecule has 11 heteroatoms. The molecule has 1 unspecified atom stereocenters. The molecule has 2 aliphatic rings. The fourth-order valence-corrected chi connectivity index (χ4v) is 6.15.